The first-order valence-corrected chi connectivity index (χ1v) is 12.6. The number of hydrogen-bond donors (Lipinski definition) is 1. The molecule has 1 N–H and O–H groups in total. The van der Waals surface area contributed by atoms with Crippen LogP contribution in [0, 0.1) is 11.3 Å². The van der Waals surface area contributed by atoms with Crippen molar-refractivity contribution in [2.24, 2.45) is 11.3 Å². The summed E-state index contributed by atoms with van der Waals surface area (Å²) in [6.07, 6.45) is 8.20. The molecule has 5 nitrogen and oxygen atoms in total. The highest BCUT2D eigenvalue weighted by Gasteiger charge is 2.21. The highest BCUT2D eigenvalue weighted by atomic mass is 16.2. The van der Waals surface area contributed by atoms with E-state index >= 15 is 0 Å². The Morgan fingerprint density at radius 1 is 0.969 bits per heavy atom. The first kappa shape index (κ1) is 26.2. The predicted molar refractivity (Wildman–Crippen MR) is 135 cm³/mol. The standard InChI is InChI=1S/C27H45N3O2/c1-6-7-8-9-10-11-26(32)30-18-16-29(17-19-30)24-14-12-23(13-15-24)28-25(31)20-22(2)21-27(3,4)5/h12-15,22H,6-11,16-21H2,1-5H3,(H,28,31). The first-order chi connectivity index (χ1) is 15.2. The van der Waals surface area contributed by atoms with Crippen LogP contribution in [-0.2, 0) is 9.59 Å². The topological polar surface area (TPSA) is 52.7 Å². The van der Waals surface area contributed by atoms with Crippen molar-refractivity contribution >= 4 is 23.2 Å². The summed E-state index contributed by atoms with van der Waals surface area (Å²) in [7, 11) is 0. The molecule has 1 aromatic rings. The summed E-state index contributed by atoms with van der Waals surface area (Å²) in [5.41, 5.74) is 2.24. The van der Waals surface area contributed by atoms with Crippen molar-refractivity contribution in [2.75, 3.05) is 36.4 Å². The van der Waals surface area contributed by atoms with Crippen LogP contribution in [0.5, 0.6) is 0 Å². The lowest BCUT2D eigenvalue weighted by molar-refractivity contribution is -0.131. The molecule has 0 radical (unpaired) electrons. The third kappa shape index (κ3) is 9.62. The number of hydrogen-bond acceptors (Lipinski definition) is 3. The minimum atomic E-state index is 0.0799. The summed E-state index contributed by atoms with van der Waals surface area (Å²) in [4.78, 5) is 29.1. The average Bonchev–Trinajstić information content (AvgIpc) is 2.72. The van der Waals surface area contributed by atoms with Gasteiger partial charge in [-0.15, -0.1) is 0 Å². The SMILES string of the molecule is CCCCCCCC(=O)N1CCN(c2ccc(NC(=O)CC(C)CC(C)(C)C)cc2)CC1. The van der Waals surface area contributed by atoms with Gasteiger partial charge in [0.25, 0.3) is 0 Å². The molecule has 0 aromatic heterocycles. The molecule has 1 unspecified atom stereocenters. The average molecular weight is 444 g/mol. The zero-order valence-electron chi connectivity index (χ0n) is 21.1. The Kier molecular flexibility index (Phi) is 10.5. The Labute approximate surface area is 195 Å². The maximum absolute atomic E-state index is 12.4. The molecule has 2 rings (SSSR count). The van der Waals surface area contributed by atoms with Crippen LogP contribution >= 0.6 is 0 Å². The number of carbonyl (C=O) groups excluding carboxylic acids is 2. The molecule has 1 aliphatic rings. The van der Waals surface area contributed by atoms with Gasteiger partial charge >= 0.3 is 0 Å². The van der Waals surface area contributed by atoms with Gasteiger partial charge in [-0.1, -0.05) is 60.3 Å². The molecule has 1 aromatic carbocycles. The number of benzene rings is 1. The van der Waals surface area contributed by atoms with Crippen molar-refractivity contribution in [3.8, 4) is 0 Å². The van der Waals surface area contributed by atoms with Gasteiger partial charge in [-0.05, 0) is 48.4 Å². The van der Waals surface area contributed by atoms with Gasteiger partial charge in [0.15, 0.2) is 0 Å². The lowest BCUT2D eigenvalue weighted by Gasteiger charge is -2.36. The van der Waals surface area contributed by atoms with Crippen molar-refractivity contribution in [2.45, 2.75) is 86.0 Å². The van der Waals surface area contributed by atoms with Gasteiger partial charge in [0.05, 0.1) is 0 Å². The van der Waals surface area contributed by atoms with Gasteiger partial charge in [0.1, 0.15) is 0 Å². The molecule has 5 heteroatoms. The molecule has 0 aliphatic carbocycles. The third-order valence-electron chi connectivity index (χ3n) is 6.14. The Hall–Kier alpha value is -2.04. The van der Waals surface area contributed by atoms with Crippen LogP contribution in [0.2, 0.25) is 0 Å². The molecular weight excluding hydrogens is 398 g/mol. The molecule has 180 valence electrons. The molecule has 1 saturated heterocycles. The van der Waals surface area contributed by atoms with E-state index in [0.717, 1.165) is 56.8 Å². The maximum Gasteiger partial charge on any atom is 0.224 e. The largest absolute Gasteiger partial charge is 0.368 e. The minimum absolute atomic E-state index is 0.0799. The van der Waals surface area contributed by atoms with Crippen molar-refractivity contribution in [1.29, 1.82) is 0 Å². The molecule has 32 heavy (non-hydrogen) atoms. The fourth-order valence-corrected chi connectivity index (χ4v) is 4.65. The van der Waals surface area contributed by atoms with Crippen LogP contribution in [0.25, 0.3) is 0 Å². The molecule has 1 atom stereocenters. The van der Waals surface area contributed by atoms with Crippen molar-refractivity contribution in [3.05, 3.63) is 24.3 Å². The quantitative estimate of drug-likeness (QED) is 0.421. The molecule has 2 amide bonds. The van der Waals surface area contributed by atoms with Gasteiger partial charge < -0.3 is 15.1 Å². The molecule has 1 aliphatic heterocycles. The molecule has 1 fully saturated rings. The fourth-order valence-electron chi connectivity index (χ4n) is 4.65. The number of anilines is 2. The van der Waals surface area contributed by atoms with Crippen LogP contribution in [0.4, 0.5) is 11.4 Å². The van der Waals surface area contributed by atoms with Crippen molar-refractivity contribution in [1.82, 2.24) is 4.90 Å². The van der Waals surface area contributed by atoms with Gasteiger partial charge in [-0.3, -0.25) is 9.59 Å². The van der Waals surface area contributed by atoms with E-state index in [1.807, 2.05) is 17.0 Å². The van der Waals surface area contributed by atoms with Crippen LogP contribution < -0.4 is 10.2 Å². The second kappa shape index (κ2) is 12.9. The van der Waals surface area contributed by atoms with Crippen LogP contribution in [0.15, 0.2) is 24.3 Å². The minimum Gasteiger partial charge on any atom is -0.368 e. The second-order valence-electron chi connectivity index (χ2n) is 10.7. The number of nitrogens with one attached hydrogen (secondary N) is 1. The van der Waals surface area contributed by atoms with E-state index in [1.54, 1.807) is 0 Å². The number of rotatable bonds is 11. The predicted octanol–water partition coefficient (Wildman–Crippen LogP) is 6.10. The number of amides is 2. The lowest BCUT2D eigenvalue weighted by Crippen LogP contribution is -2.48. The molecule has 1 heterocycles. The zero-order chi connectivity index (χ0) is 23.6. The molecule has 0 spiro atoms. The number of unbranched alkanes of at least 4 members (excludes halogenated alkanes) is 4. The zero-order valence-corrected chi connectivity index (χ0v) is 21.1. The second-order valence-corrected chi connectivity index (χ2v) is 10.7. The van der Waals surface area contributed by atoms with Crippen LogP contribution in [0.3, 0.4) is 0 Å². The van der Waals surface area contributed by atoms with Gasteiger partial charge in [-0.2, -0.15) is 0 Å². The molecule has 0 saturated carbocycles. The van der Waals surface area contributed by atoms with E-state index in [-0.39, 0.29) is 11.3 Å². The maximum atomic E-state index is 12.4. The summed E-state index contributed by atoms with van der Waals surface area (Å²) in [5, 5.41) is 3.03. The van der Waals surface area contributed by atoms with E-state index in [0.29, 0.717) is 24.7 Å². The summed E-state index contributed by atoms with van der Waals surface area (Å²) >= 11 is 0. The Balaban J connectivity index is 1.73. The Bertz CT molecular complexity index is 701. The van der Waals surface area contributed by atoms with Crippen LogP contribution in [-0.4, -0.2) is 42.9 Å². The van der Waals surface area contributed by atoms with Crippen molar-refractivity contribution < 1.29 is 9.59 Å². The third-order valence-corrected chi connectivity index (χ3v) is 6.14. The number of carbonyl (C=O) groups is 2. The van der Waals surface area contributed by atoms with Crippen molar-refractivity contribution in [3.63, 3.8) is 0 Å². The molecular formula is C27H45N3O2. The summed E-state index contributed by atoms with van der Waals surface area (Å²) in [6.45, 7) is 14.3. The number of piperazine rings is 1. The van der Waals surface area contributed by atoms with Crippen LogP contribution in [0.1, 0.15) is 86.0 Å². The summed E-state index contributed by atoms with van der Waals surface area (Å²) in [5.74, 6) is 0.751. The highest BCUT2D eigenvalue weighted by molar-refractivity contribution is 5.91. The van der Waals surface area contributed by atoms with E-state index in [9.17, 15) is 9.59 Å². The van der Waals surface area contributed by atoms with Gasteiger partial charge in [0, 0.05) is 50.4 Å². The first-order valence-electron chi connectivity index (χ1n) is 12.6. The van der Waals surface area contributed by atoms with E-state index < -0.39 is 0 Å². The Morgan fingerprint density at radius 3 is 2.19 bits per heavy atom. The fraction of sp³-hybridized carbons (Fsp3) is 0.704. The lowest BCUT2D eigenvalue weighted by atomic mass is 9.84. The van der Waals surface area contributed by atoms with Gasteiger partial charge in [-0.25, -0.2) is 0 Å². The Morgan fingerprint density at radius 2 is 1.59 bits per heavy atom. The molecule has 0 bridgehead atoms. The van der Waals surface area contributed by atoms with Gasteiger partial charge in [0.2, 0.25) is 11.8 Å². The monoisotopic (exact) mass is 443 g/mol. The normalized spacial score (nSPS) is 15.5. The summed E-state index contributed by atoms with van der Waals surface area (Å²) < 4.78 is 0. The number of nitrogens with zero attached hydrogens (tertiary/aromatic N) is 2. The highest BCUT2D eigenvalue weighted by Crippen LogP contribution is 2.26. The smallest absolute Gasteiger partial charge is 0.224 e. The van der Waals surface area contributed by atoms with E-state index in [4.69, 9.17) is 0 Å². The summed E-state index contributed by atoms with van der Waals surface area (Å²) in [6, 6.07) is 8.10. The van der Waals surface area contributed by atoms with E-state index in [2.05, 4.69) is 57.0 Å². The van der Waals surface area contributed by atoms with E-state index in [1.165, 1.54) is 19.3 Å².